The van der Waals surface area contributed by atoms with Crippen LogP contribution < -0.4 is 26.9 Å². The number of hydrogen-bond donors (Lipinski definition) is 4. The molecule has 2 aliphatic heterocycles. The van der Waals surface area contributed by atoms with E-state index in [1.54, 1.807) is 5.01 Å². The number of nitrogens with zero attached hydrogens (tertiary/aromatic N) is 1. The molecule has 164 valence electrons. The van der Waals surface area contributed by atoms with Crippen molar-refractivity contribution < 1.29 is 9.53 Å². The average molecular weight is 422 g/mol. The Balaban J connectivity index is 1.50. The summed E-state index contributed by atoms with van der Waals surface area (Å²) in [6.07, 6.45) is 3.57. The summed E-state index contributed by atoms with van der Waals surface area (Å²) in [6, 6.07) is 17.6. The van der Waals surface area contributed by atoms with Crippen molar-refractivity contribution in [3.8, 4) is 11.5 Å². The number of benzene rings is 2. The smallest absolute Gasteiger partial charge is 0.248 e. The fourth-order valence-electron chi connectivity index (χ4n) is 4.48. The zero-order valence-electron chi connectivity index (χ0n) is 17.7. The molecule has 0 bridgehead atoms. The van der Waals surface area contributed by atoms with Crippen LogP contribution in [0.15, 0.2) is 66.0 Å². The van der Waals surface area contributed by atoms with Gasteiger partial charge in [0, 0.05) is 13.0 Å². The molecule has 31 heavy (non-hydrogen) atoms. The molecule has 2 fully saturated rings. The minimum absolute atomic E-state index is 0.217. The summed E-state index contributed by atoms with van der Waals surface area (Å²) in [7, 11) is 0. The van der Waals surface area contributed by atoms with E-state index in [1.807, 2.05) is 54.6 Å². The van der Waals surface area contributed by atoms with Crippen molar-refractivity contribution in [2.45, 2.75) is 31.7 Å². The first-order valence-corrected chi connectivity index (χ1v) is 10.9. The molecule has 2 aliphatic rings. The van der Waals surface area contributed by atoms with Gasteiger partial charge in [-0.25, -0.2) is 5.84 Å². The van der Waals surface area contributed by atoms with E-state index in [0.29, 0.717) is 23.7 Å². The van der Waals surface area contributed by atoms with E-state index in [1.165, 1.54) is 0 Å². The average Bonchev–Trinajstić information content (AvgIpc) is 2.80. The molecule has 2 aromatic rings. The van der Waals surface area contributed by atoms with E-state index in [2.05, 4.69) is 10.6 Å². The van der Waals surface area contributed by atoms with Crippen LogP contribution in [0.1, 0.15) is 24.8 Å². The number of primary amides is 1. The second-order valence-corrected chi connectivity index (χ2v) is 8.20. The third-order valence-electron chi connectivity index (χ3n) is 6.14. The fourth-order valence-corrected chi connectivity index (χ4v) is 4.48. The Kier molecular flexibility index (Phi) is 6.74. The quantitative estimate of drug-likeness (QED) is 0.421. The monoisotopic (exact) mass is 421 g/mol. The number of hydrogen-bond acceptors (Lipinski definition) is 6. The molecule has 0 radical (unpaired) electrons. The highest BCUT2D eigenvalue weighted by Gasteiger charge is 2.33. The van der Waals surface area contributed by atoms with E-state index < -0.39 is 5.91 Å². The molecule has 7 heteroatoms. The van der Waals surface area contributed by atoms with Crippen LogP contribution in [0.4, 0.5) is 0 Å². The van der Waals surface area contributed by atoms with E-state index in [-0.39, 0.29) is 6.04 Å². The maximum Gasteiger partial charge on any atom is 0.248 e. The summed E-state index contributed by atoms with van der Waals surface area (Å²) >= 11 is 0. The van der Waals surface area contributed by atoms with Gasteiger partial charge in [-0.3, -0.25) is 9.80 Å². The predicted octanol–water partition coefficient (Wildman–Crippen LogP) is 2.26. The highest BCUT2D eigenvalue weighted by atomic mass is 16.5. The van der Waals surface area contributed by atoms with Gasteiger partial charge in [0.15, 0.2) is 0 Å². The number of hydrazine groups is 1. The number of rotatable bonds is 6. The van der Waals surface area contributed by atoms with Gasteiger partial charge in [0.2, 0.25) is 5.91 Å². The molecule has 2 aromatic carbocycles. The van der Waals surface area contributed by atoms with Crippen LogP contribution in [0, 0.1) is 5.92 Å². The molecule has 6 N–H and O–H groups in total. The number of nitrogens with one attached hydrogen (secondary N) is 2. The van der Waals surface area contributed by atoms with Gasteiger partial charge in [-0.2, -0.15) is 0 Å². The first-order valence-electron chi connectivity index (χ1n) is 10.9. The summed E-state index contributed by atoms with van der Waals surface area (Å²) in [5.74, 6) is 8.77. The summed E-state index contributed by atoms with van der Waals surface area (Å²) in [4.78, 5) is 12.3. The molecule has 0 unspecified atom stereocenters. The molecule has 1 amide bonds. The maximum atomic E-state index is 12.3. The van der Waals surface area contributed by atoms with E-state index >= 15 is 0 Å². The Bertz CT molecular complexity index is 907. The Morgan fingerprint density at radius 1 is 0.968 bits per heavy atom. The van der Waals surface area contributed by atoms with Crippen molar-refractivity contribution in [1.29, 1.82) is 0 Å². The summed E-state index contributed by atoms with van der Waals surface area (Å²) < 4.78 is 5.85. The normalized spacial score (nSPS) is 21.3. The van der Waals surface area contributed by atoms with Gasteiger partial charge in [0.05, 0.1) is 11.6 Å². The lowest BCUT2D eigenvalue weighted by atomic mass is 9.86. The Labute approximate surface area is 183 Å². The van der Waals surface area contributed by atoms with Crippen molar-refractivity contribution in [2.75, 3.05) is 19.6 Å². The molecule has 2 heterocycles. The lowest BCUT2D eigenvalue weighted by Gasteiger charge is -2.42. The van der Waals surface area contributed by atoms with Crippen molar-refractivity contribution >= 4 is 5.91 Å². The van der Waals surface area contributed by atoms with Gasteiger partial charge >= 0.3 is 0 Å². The van der Waals surface area contributed by atoms with Crippen LogP contribution >= 0.6 is 0 Å². The minimum Gasteiger partial charge on any atom is -0.457 e. The molecule has 0 spiro atoms. The van der Waals surface area contributed by atoms with Crippen LogP contribution in [-0.2, 0) is 11.2 Å². The highest BCUT2D eigenvalue weighted by molar-refractivity contribution is 5.93. The number of ether oxygens (including phenoxy) is 1. The third-order valence-corrected chi connectivity index (χ3v) is 6.14. The number of carbonyl (C=O) groups excluding carboxylic acids is 1. The Morgan fingerprint density at radius 3 is 2.32 bits per heavy atom. The maximum absolute atomic E-state index is 12.3. The van der Waals surface area contributed by atoms with Gasteiger partial charge in [0.25, 0.3) is 0 Å². The SMILES string of the molecule is NC(=O)/C(Cc1ccc(Oc2ccccc2)cc1)=C1\NCC[C@@H](C2CCNCC2)N1N. The van der Waals surface area contributed by atoms with Crippen LogP contribution in [0.25, 0.3) is 0 Å². The molecule has 7 nitrogen and oxygen atoms in total. The van der Waals surface area contributed by atoms with Crippen LogP contribution in [0.5, 0.6) is 11.5 Å². The second-order valence-electron chi connectivity index (χ2n) is 8.20. The third kappa shape index (κ3) is 5.18. The first kappa shape index (κ1) is 21.2. The van der Waals surface area contributed by atoms with Crippen LogP contribution in [0.3, 0.4) is 0 Å². The molecule has 2 saturated heterocycles. The first-order chi connectivity index (χ1) is 15.1. The lowest BCUT2D eigenvalue weighted by molar-refractivity contribution is -0.114. The molecule has 1 atom stereocenters. The molecular formula is C24H31N5O2. The van der Waals surface area contributed by atoms with Gasteiger partial charge < -0.3 is 21.1 Å². The van der Waals surface area contributed by atoms with Gasteiger partial charge in [-0.05, 0) is 68.1 Å². The summed E-state index contributed by atoms with van der Waals surface area (Å²) in [6.45, 7) is 2.82. The Hall–Kier alpha value is -3.03. The van der Waals surface area contributed by atoms with Crippen molar-refractivity contribution in [1.82, 2.24) is 15.6 Å². The second kappa shape index (κ2) is 9.85. The molecular weight excluding hydrogens is 390 g/mol. The van der Waals surface area contributed by atoms with E-state index in [4.69, 9.17) is 16.3 Å². The number of carbonyl (C=O) groups is 1. The topological polar surface area (TPSA) is 106 Å². The minimum atomic E-state index is -0.450. The summed E-state index contributed by atoms with van der Waals surface area (Å²) in [5, 5.41) is 8.48. The molecule has 4 rings (SSSR count). The predicted molar refractivity (Wildman–Crippen MR) is 121 cm³/mol. The number of para-hydroxylation sites is 1. The largest absolute Gasteiger partial charge is 0.457 e. The highest BCUT2D eigenvalue weighted by Crippen LogP contribution is 2.28. The van der Waals surface area contributed by atoms with Crippen LogP contribution in [-0.4, -0.2) is 36.6 Å². The zero-order chi connectivity index (χ0) is 21.6. The van der Waals surface area contributed by atoms with Gasteiger partial charge in [-0.1, -0.05) is 30.3 Å². The van der Waals surface area contributed by atoms with Gasteiger partial charge in [-0.15, -0.1) is 0 Å². The number of amides is 1. The van der Waals surface area contributed by atoms with Gasteiger partial charge in [0.1, 0.15) is 17.3 Å². The van der Waals surface area contributed by atoms with E-state index in [9.17, 15) is 4.79 Å². The number of nitrogens with two attached hydrogens (primary N) is 2. The fraction of sp³-hybridized carbons (Fsp3) is 0.375. The standard InChI is InChI=1S/C24H31N5O2/c25-23(30)21(24-28-15-12-22(29(24)26)18-10-13-27-14-11-18)16-17-6-8-20(9-7-17)31-19-4-2-1-3-5-19/h1-9,18,22,27-28H,10-16,26H2,(H2,25,30)/b24-21+/t22-/m0/s1. The lowest BCUT2D eigenvalue weighted by Crippen LogP contribution is -2.55. The molecule has 0 aromatic heterocycles. The Morgan fingerprint density at radius 2 is 1.65 bits per heavy atom. The number of piperidine rings is 1. The van der Waals surface area contributed by atoms with Crippen molar-refractivity contribution in [3.63, 3.8) is 0 Å². The molecule has 0 saturated carbocycles. The van der Waals surface area contributed by atoms with Crippen molar-refractivity contribution in [3.05, 3.63) is 71.6 Å². The van der Waals surface area contributed by atoms with Crippen LogP contribution in [0.2, 0.25) is 0 Å². The van der Waals surface area contributed by atoms with Crippen molar-refractivity contribution in [2.24, 2.45) is 17.5 Å². The molecule has 0 aliphatic carbocycles. The summed E-state index contributed by atoms with van der Waals surface area (Å²) in [5.41, 5.74) is 7.26. The zero-order valence-corrected chi connectivity index (χ0v) is 17.7. The van der Waals surface area contributed by atoms with E-state index in [0.717, 1.165) is 56.0 Å².